The molecule has 0 bridgehead atoms. The van der Waals surface area contributed by atoms with Crippen molar-refractivity contribution in [1.82, 2.24) is 0 Å². The summed E-state index contributed by atoms with van der Waals surface area (Å²) in [6.45, 7) is -2.80. The standard InChI is InChI=1S/C7H3Br2F2IO/c8-4-1-3(12)2-5(6(4)9)13-7(10)11/h1-2,7H. The van der Waals surface area contributed by atoms with Crippen LogP contribution < -0.4 is 4.74 Å². The lowest BCUT2D eigenvalue weighted by atomic mass is 10.3. The van der Waals surface area contributed by atoms with Gasteiger partial charge < -0.3 is 4.74 Å². The van der Waals surface area contributed by atoms with E-state index < -0.39 is 6.61 Å². The van der Waals surface area contributed by atoms with Gasteiger partial charge in [-0.15, -0.1) is 0 Å². The molecule has 1 rings (SSSR count). The highest BCUT2D eigenvalue weighted by atomic mass is 127. The molecule has 0 heterocycles. The summed E-state index contributed by atoms with van der Waals surface area (Å²) in [6.07, 6.45) is 0. The summed E-state index contributed by atoms with van der Waals surface area (Å²) in [5.74, 6) is 0.133. The zero-order valence-corrected chi connectivity index (χ0v) is 11.4. The van der Waals surface area contributed by atoms with Crippen LogP contribution in [0.4, 0.5) is 8.78 Å². The van der Waals surface area contributed by atoms with Crippen molar-refractivity contribution in [3.8, 4) is 5.75 Å². The van der Waals surface area contributed by atoms with Gasteiger partial charge in [0.05, 0.1) is 4.47 Å². The van der Waals surface area contributed by atoms with Crippen molar-refractivity contribution in [1.29, 1.82) is 0 Å². The average molecular weight is 428 g/mol. The van der Waals surface area contributed by atoms with Crippen LogP contribution in [-0.2, 0) is 0 Å². The largest absolute Gasteiger partial charge is 0.434 e. The van der Waals surface area contributed by atoms with Crippen LogP contribution in [0, 0.1) is 3.57 Å². The molecule has 0 aromatic heterocycles. The van der Waals surface area contributed by atoms with E-state index in [2.05, 4.69) is 36.6 Å². The number of hydrogen-bond donors (Lipinski definition) is 0. The van der Waals surface area contributed by atoms with E-state index in [-0.39, 0.29) is 5.75 Å². The maximum atomic E-state index is 11.9. The number of halogens is 5. The third kappa shape index (κ3) is 3.32. The first-order valence-corrected chi connectivity index (χ1v) is 5.76. The van der Waals surface area contributed by atoms with E-state index in [0.717, 1.165) is 3.57 Å². The second-order valence-electron chi connectivity index (χ2n) is 2.08. The predicted molar refractivity (Wildman–Crippen MR) is 61.2 cm³/mol. The van der Waals surface area contributed by atoms with E-state index in [1.54, 1.807) is 6.07 Å². The van der Waals surface area contributed by atoms with E-state index in [9.17, 15) is 8.78 Å². The molecule has 0 saturated heterocycles. The molecule has 0 fully saturated rings. The van der Waals surface area contributed by atoms with Crippen LogP contribution in [0.3, 0.4) is 0 Å². The Morgan fingerprint density at radius 2 is 1.92 bits per heavy atom. The van der Waals surface area contributed by atoms with Gasteiger partial charge in [0.25, 0.3) is 0 Å². The Bertz CT molecular complexity index is 320. The Kier molecular flexibility index (Phi) is 4.37. The number of benzene rings is 1. The maximum absolute atomic E-state index is 11.9. The zero-order chi connectivity index (χ0) is 10.0. The molecular weight excluding hydrogens is 425 g/mol. The molecule has 6 heteroatoms. The molecule has 13 heavy (non-hydrogen) atoms. The molecule has 0 amide bonds. The maximum Gasteiger partial charge on any atom is 0.387 e. The lowest BCUT2D eigenvalue weighted by molar-refractivity contribution is -0.0504. The highest BCUT2D eigenvalue weighted by Crippen LogP contribution is 2.35. The fourth-order valence-corrected chi connectivity index (χ4v) is 2.50. The summed E-state index contributed by atoms with van der Waals surface area (Å²) in [5, 5.41) is 0. The molecule has 72 valence electrons. The number of alkyl halides is 2. The van der Waals surface area contributed by atoms with Crippen molar-refractivity contribution >= 4 is 54.5 Å². The van der Waals surface area contributed by atoms with Crippen molar-refractivity contribution in [3.63, 3.8) is 0 Å². The average Bonchev–Trinajstić information content (AvgIpc) is 1.98. The van der Waals surface area contributed by atoms with Gasteiger partial charge in [0.2, 0.25) is 0 Å². The molecule has 0 N–H and O–H groups in total. The second-order valence-corrected chi connectivity index (χ2v) is 4.97. The van der Waals surface area contributed by atoms with Gasteiger partial charge in [0, 0.05) is 8.04 Å². The summed E-state index contributed by atoms with van der Waals surface area (Å²) < 4.78 is 30.1. The van der Waals surface area contributed by atoms with Gasteiger partial charge in [-0.25, -0.2) is 0 Å². The summed E-state index contributed by atoms with van der Waals surface area (Å²) >= 11 is 8.36. The molecular formula is C7H3Br2F2IO. The molecule has 0 aliphatic rings. The first-order valence-electron chi connectivity index (χ1n) is 3.10. The fraction of sp³-hybridized carbons (Fsp3) is 0.143. The van der Waals surface area contributed by atoms with Crippen LogP contribution in [-0.4, -0.2) is 6.61 Å². The van der Waals surface area contributed by atoms with E-state index in [4.69, 9.17) is 0 Å². The van der Waals surface area contributed by atoms with Gasteiger partial charge in [0.1, 0.15) is 5.75 Å². The minimum Gasteiger partial charge on any atom is -0.434 e. The Morgan fingerprint density at radius 3 is 2.46 bits per heavy atom. The van der Waals surface area contributed by atoms with Gasteiger partial charge in [0.15, 0.2) is 0 Å². The van der Waals surface area contributed by atoms with Crippen LogP contribution in [0.15, 0.2) is 21.1 Å². The molecule has 0 radical (unpaired) electrons. The smallest absolute Gasteiger partial charge is 0.387 e. The van der Waals surface area contributed by atoms with Crippen molar-refractivity contribution in [3.05, 3.63) is 24.6 Å². The first kappa shape index (κ1) is 11.6. The molecule has 1 aromatic rings. The van der Waals surface area contributed by atoms with Crippen molar-refractivity contribution in [2.24, 2.45) is 0 Å². The molecule has 0 atom stereocenters. The summed E-state index contributed by atoms with van der Waals surface area (Å²) in [6, 6.07) is 3.32. The van der Waals surface area contributed by atoms with Gasteiger partial charge in [-0.2, -0.15) is 8.78 Å². The first-order chi connectivity index (χ1) is 6.00. The quantitative estimate of drug-likeness (QED) is 0.501. The normalized spacial score (nSPS) is 10.6. The molecule has 0 aliphatic carbocycles. The number of hydrogen-bond acceptors (Lipinski definition) is 1. The minimum absolute atomic E-state index is 0.133. The molecule has 1 nitrogen and oxygen atoms in total. The van der Waals surface area contributed by atoms with Crippen LogP contribution in [0.25, 0.3) is 0 Å². The van der Waals surface area contributed by atoms with Crippen molar-refractivity contribution < 1.29 is 13.5 Å². The van der Waals surface area contributed by atoms with Gasteiger partial charge >= 0.3 is 6.61 Å². The Balaban J connectivity index is 3.05. The summed E-state index contributed by atoms with van der Waals surface area (Å²) in [4.78, 5) is 0. The van der Waals surface area contributed by atoms with Crippen molar-refractivity contribution in [2.45, 2.75) is 6.61 Å². The highest BCUT2D eigenvalue weighted by Gasteiger charge is 2.11. The molecule has 1 aromatic carbocycles. The van der Waals surface area contributed by atoms with E-state index in [1.807, 2.05) is 22.6 Å². The highest BCUT2D eigenvalue weighted by molar-refractivity contribution is 14.1. The Labute approximate surface area is 104 Å². The summed E-state index contributed by atoms with van der Waals surface area (Å²) in [5.41, 5.74) is 0. The SMILES string of the molecule is FC(F)Oc1cc(I)cc(Br)c1Br. The van der Waals surface area contributed by atoms with Crippen LogP contribution >= 0.6 is 54.5 Å². The topological polar surface area (TPSA) is 9.23 Å². The van der Waals surface area contributed by atoms with Crippen LogP contribution in [0.2, 0.25) is 0 Å². The lowest BCUT2D eigenvalue weighted by Gasteiger charge is -2.08. The monoisotopic (exact) mass is 426 g/mol. The summed E-state index contributed by atoms with van der Waals surface area (Å²) in [7, 11) is 0. The van der Waals surface area contributed by atoms with Crippen LogP contribution in [0.1, 0.15) is 0 Å². The van der Waals surface area contributed by atoms with Crippen LogP contribution in [0.5, 0.6) is 5.75 Å². The van der Waals surface area contributed by atoms with E-state index in [1.165, 1.54) is 6.07 Å². The zero-order valence-electron chi connectivity index (χ0n) is 6.03. The van der Waals surface area contributed by atoms with Gasteiger partial charge in [-0.1, -0.05) is 0 Å². The molecule has 0 aliphatic heterocycles. The van der Waals surface area contributed by atoms with E-state index in [0.29, 0.717) is 8.95 Å². The Hall–Kier alpha value is 0.570. The third-order valence-corrected chi connectivity index (χ3v) is 3.77. The minimum atomic E-state index is -2.80. The van der Waals surface area contributed by atoms with Crippen molar-refractivity contribution in [2.75, 3.05) is 0 Å². The Morgan fingerprint density at radius 1 is 1.31 bits per heavy atom. The predicted octanol–water partition coefficient (Wildman–Crippen LogP) is 4.42. The van der Waals surface area contributed by atoms with Gasteiger partial charge in [-0.3, -0.25) is 0 Å². The molecule has 0 unspecified atom stereocenters. The van der Waals surface area contributed by atoms with Gasteiger partial charge in [-0.05, 0) is 66.6 Å². The molecule has 0 spiro atoms. The number of rotatable bonds is 2. The number of ether oxygens (including phenoxy) is 1. The lowest BCUT2D eigenvalue weighted by Crippen LogP contribution is -2.02. The molecule has 0 saturated carbocycles. The third-order valence-electron chi connectivity index (χ3n) is 1.18. The second kappa shape index (κ2) is 4.88. The fourth-order valence-electron chi connectivity index (χ4n) is 0.714. The van der Waals surface area contributed by atoms with E-state index >= 15 is 0 Å².